The van der Waals surface area contributed by atoms with Crippen LogP contribution in [0.4, 0.5) is 56.9 Å². The van der Waals surface area contributed by atoms with Crippen LogP contribution in [-0.2, 0) is 97.9 Å². The summed E-state index contributed by atoms with van der Waals surface area (Å²) in [5, 5.41) is 94.2. The molecule has 0 aliphatic rings. The Kier molecular flexibility index (Phi) is 27.4. The number of phenolic OH excluding ortho intramolecular Hbond substituents is 2. The number of aliphatic hydroxyl groups is 1. The van der Waals surface area contributed by atoms with Crippen LogP contribution in [0.15, 0.2) is 201 Å². The third kappa shape index (κ3) is 22.3. The van der Waals surface area contributed by atoms with Gasteiger partial charge in [-0.05, 0) is 158 Å². The molecule has 0 amide bonds. The molecule has 8 rings (SSSR count). The van der Waals surface area contributed by atoms with Gasteiger partial charge in [-0.15, -0.1) is 29.1 Å². The number of phenols is 2. The molecule has 8 aromatic rings. The number of anilines is 2. The summed E-state index contributed by atoms with van der Waals surface area (Å²) in [6.45, 7) is -1.43. The van der Waals surface area contributed by atoms with Crippen molar-refractivity contribution in [1.29, 1.82) is 0 Å². The van der Waals surface area contributed by atoms with E-state index in [0.717, 1.165) is 78.1 Å². The second-order valence-corrected chi connectivity index (χ2v) is 32.0. The average molecular weight is 1630 g/mol. The Morgan fingerprint density at radius 3 is 1.22 bits per heavy atom. The number of sulfone groups is 2. The zero-order chi connectivity index (χ0) is 75.8. The Balaban J connectivity index is 0.960. The molecule has 13 N–H and O–H groups in total. The van der Waals surface area contributed by atoms with Crippen LogP contribution in [0.2, 0.25) is 0 Å². The number of rotatable bonds is 32. The number of nitrogens with zero attached hydrogens (tertiary/aromatic N) is 9. The third-order valence-corrected chi connectivity index (χ3v) is 21.4. The molecule has 0 fully saturated rings. The van der Waals surface area contributed by atoms with E-state index in [9.17, 15) is 74.9 Å². The maximum atomic E-state index is 13.8. The normalized spacial score (nSPS) is 12.6. The lowest BCUT2D eigenvalue weighted by atomic mass is 10.1. The van der Waals surface area contributed by atoms with Crippen molar-refractivity contribution in [2.75, 3.05) is 49.2 Å². The molecule has 550 valence electrons. The summed E-state index contributed by atoms with van der Waals surface area (Å²) in [5.41, 5.74) is 9.92. The van der Waals surface area contributed by atoms with Crippen molar-refractivity contribution in [3.63, 3.8) is 0 Å². The molecular formula is C54H45N11O29S10. The van der Waals surface area contributed by atoms with Crippen LogP contribution in [0.1, 0.15) is 0 Å². The van der Waals surface area contributed by atoms with E-state index >= 15 is 0 Å². The van der Waals surface area contributed by atoms with Crippen LogP contribution in [0.3, 0.4) is 0 Å². The molecule has 0 heterocycles. The highest BCUT2D eigenvalue weighted by atomic mass is 32.3. The van der Waals surface area contributed by atoms with E-state index in [1.165, 1.54) is 71.6 Å². The van der Waals surface area contributed by atoms with Crippen LogP contribution < -0.4 is 11.5 Å². The van der Waals surface area contributed by atoms with Crippen LogP contribution >= 0.6 is 47.6 Å². The van der Waals surface area contributed by atoms with E-state index in [4.69, 9.17) is 31.1 Å². The second-order valence-electron chi connectivity index (χ2n) is 19.8. The van der Waals surface area contributed by atoms with Crippen molar-refractivity contribution in [2.45, 2.75) is 39.2 Å². The lowest BCUT2D eigenvalue weighted by molar-refractivity contribution is -0.432. The third-order valence-electron chi connectivity index (χ3n) is 13.1. The first kappa shape index (κ1) is 80.8. The van der Waals surface area contributed by atoms with E-state index in [2.05, 4.69) is 88.6 Å². The van der Waals surface area contributed by atoms with Crippen molar-refractivity contribution in [1.82, 2.24) is 4.90 Å². The first-order valence-corrected chi connectivity index (χ1v) is 39.5. The largest absolute Gasteiger partial charge is 0.505 e. The molecule has 40 nitrogen and oxygen atoms in total. The van der Waals surface area contributed by atoms with Gasteiger partial charge in [-0.1, -0.05) is 16.1 Å². The van der Waals surface area contributed by atoms with Crippen molar-refractivity contribution < 1.29 is 132 Å². The van der Waals surface area contributed by atoms with Crippen LogP contribution in [0.25, 0.3) is 21.5 Å². The molecule has 0 spiro atoms. The molecule has 0 aliphatic carbocycles. The fourth-order valence-electron chi connectivity index (χ4n) is 8.62. The van der Waals surface area contributed by atoms with Gasteiger partial charge in [-0.3, -0.25) is 32.9 Å². The van der Waals surface area contributed by atoms with Crippen molar-refractivity contribution in [2.24, 2.45) is 40.9 Å². The van der Waals surface area contributed by atoms with Gasteiger partial charge in [-0.25, -0.2) is 27.4 Å². The molecule has 0 saturated heterocycles. The first-order chi connectivity index (χ1) is 49.1. The SMILES string of the molecule is Nc1c(N=Nc2ccc(SC#COOS(=O)(=O)O)cc2)c(SOOO)cc2cc(S(=O)(=O)O)c(N=Nc3ccc(S(=O)(=O)CCN(CCO)CCS(=O)(=O)c4cccc(N=Nc5c(S(=O)(=O)O)cc6cc(SOOO)c(N=Nc7ccc(SC#COOS(=O)(=O)O)cc7)c(N)c6c5O)c4)cc3)c(O)c12. The van der Waals surface area contributed by atoms with E-state index in [1.807, 2.05) is 12.2 Å². The van der Waals surface area contributed by atoms with Gasteiger partial charge < -0.3 is 26.8 Å². The first-order valence-electron chi connectivity index (χ1n) is 27.4. The number of hydrogen-bond donors (Lipinski definition) is 11. The Bertz CT molecular complexity index is 5560. The second kappa shape index (κ2) is 35.3. The molecule has 0 aliphatic heterocycles. The molecule has 0 unspecified atom stereocenters. The Morgan fingerprint density at radius 1 is 0.452 bits per heavy atom. The lowest BCUT2D eigenvalue weighted by Crippen LogP contribution is -2.35. The van der Waals surface area contributed by atoms with Gasteiger partial charge >= 0.3 is 20.8 Å². The number of benzene rings is 8. The number of aromatic hydroxyl groups is 2. The van der Waals surface area contributed by atoms with E-state index in [-0.39, 0.29) is 94.9 Å². The number of fused-ring (bicyclic) bond motifs is 2. The van der Waals surface area contributed by atoms with Crippen LogP contribution in [0, 0.1) is 22.7 Å². The minimum absolute atomic E-state index is 0.0924. The summed E-state index contributed by atoms with van der Waals surface area (Å²) >= 11 is 2.31. The molecule has 0 bridgehead atoms. The highest BCUT2D eigenvalue weighted by Gasteiger charge is 2.29. The fourth-order valence-corrected chi connectivity index (χ4v) is 14.7. The van der Waals surface area contributed by atoms with Crippen molar-refractivity contribution in [3.8, 4) is 34.2 Å². The minimum Gasteiger partial charge on any atom is -0.505 e. The Morgan fingerprint density at radius 2 is 0.837 bits per heavy atom. The van der Waals surface area contributed by atoms with Gasteiger partial charge in [0.05, 0.1) is 107 Å². The summed E-state index contributed by atoms with van der Waals surface area (Å²) in [4.78, 5) is 7.52. The zero-order valence-electron chi connectivity index (χ0n) is 51.2. The molecule has 0 radical (unpaired) electrons. The summed E-state index contributed by atoms with van der Waals surface area (Å²) in [5.74, 6) is -3.26. The summed E-state index contributed by atoms with van der Waals surface area (Å²) in [7, 11) is -28.8. The number of nitrogen functional groups attached to an aromatic ring is 2. The predicted molar refractivity (Wildman–Crippen MR) is 366 cm³/mol. The quantitative estimate of drug-likeness (QED) is 0.00273. The fraction of sp³-hybridized carbons (Fsp3) is 0.111. The predicted octanol–water partition coefficient (Wildman–Crippen LogP) is 10.6. The monoisotopic (exact) mass is 1630 g/mol. The highest BCUT2D eigenvalue weighted by Crippen LogP contribution is 2.52. The smallest absolute Gasteiger partial charge is 0.433 e. The van der Waals surface area contributed by atoms with Gasteiger partial charge in [0.2, 0.25) is 0 Å². The molecule has 50 heteroatoms. The van der Waals surface area contributed by atoms with E-state index in [0.29, 0.717) is 33.9 Å². The maximum Gasteiger partial charge on any atom is 0.433 e. The van der Waals surface area contributed by atoms with Crippen molar-refractivity contribution in [3.05, 3.63) is 121 Å². The standard InChI is InChI=1S/C54H45N11O29S10/c55-47-45-31(26-41(97-91-89-69)49(47)61-57-33-4-10-37(11-5-33)95-22-20-87-93-103(81,82)83)28-43(101(75,76)77)51(53(45)67)63-59-35-8-14-39(15-9-35)99(71,72)24-17-65(16-19-66)18-25-100(73,74)40-3-1-2-36(30-40)60-64-52-44(102(78,79)80)29-32-27-42(98-92-90-70)50(48(56)46(32)54(52)68)62-58-34-6-12-38(13-7-34)96-23-21-88-94-104(84,85)86/h1-15,26-30,66-70H,16-19,24-25,55-56H2,(H,75,76,77)(H,78,79,80)(H,81,82,83)(H,84,85,86). The Labute approximate surface area is 604 Å². The number of nitrogens with two attached hydrogens (primary N) is 2. The summed E-state index contributed by atoms with van der Waals surface area (Å²) in [6, 6.07) is 25.0. The van der Waals surface area contributed by atoms with Crippen molar-refractivity contribution >= 4 is 187 Å². The van der Waals surface area contributed by atoms with Gasteiger partial charge in [0.25, 0.3) is 20.2 Å². The number of aliphatic hydroxyl groups excluding tert-OH is 1. The minimum atomic E-state index is -5.27. The molecule has 0 saturated carbocycles. The number of thioether (sulfide) groups is 2. The lowest BCUT2D eigenvalue weighted by Gasteiger charge is -2.21. The highest BCUT2D eigenvalue weighted by molar-refractivity contribution is 8.04. The van der Waals surface area contributed by atoms with Crippen LogP contribution in [-0.4, -0.2) is 137 Å². The van der Waals surface area contributed by atoms with Crippen LogP contribution in [0.5, 0.6) is 11.5 Å². The Hall–Kier alpha value is -8.86. The topological polar surface area (TPSA) is 615 Å². The van der Waals surface area contributed by atoms with E-state index < -0.39 is 123 Å². The van der Waals surface area contributed by atoms with Gasteiger partial charge in [0.1, 0.15) is 32.5 Å². The van der Waals surface area contributed by atoms with Gasteiger partial charge in [0, 0.05) is 39.9 Å². The molecule has 0 aromatic heterocycles. The average Bonchev–Trinajstić information content (AvgIpc) is 0.753. The molecule has 8 aromatic carbocycles. The summed E-state index contributed by atoms with van der Waals surface area (Å²) in [6.07, 6.45) is 3.76. The van der Waals surface area contributed by atoms with E-state index in [1.54, 1.807) is 0 Å². The van der Waals surface area contributed by atoms with Gasteiger partial charge in [-0.2, -0.15) is 54.1 Å². The molecule has 0 atom stereocenters. The maximum absolute atomic E-state index is 13.8. The number of hydrogen-bond acceptors (Lipinski definition) is 40. The molecule has 104 heavy (non-hydrogen) atoms. The van der Waals surface area contributed by atoms with Gasteiger partial charge in [0.15, 0.2) is 43.4 Å². The summed E-state index contributed by atoms with van der Waals surface area (Å²) < 4.78 is 203. The number of azo groups is 4. The molecular weight excluding hydrogens is 1590 g/mol. The zero-order valence-corrected chi connectivity index (χ0v) is 59.4.